The van der Waals surface area contributed by atoms with Crippen molar-refractivity contribution in [1.29, 1.82) is 0 Å². The second-order valence-corrected chi connectivity index (χ2v) is 4.63. The van der Waals surface area contributed by atoms with Crippen molar-refractivity contribution in [3.63, 3.8) is 0 Å². The van der Waals surface area contributed by atoms with Crippen molar-refractivity contribution in [3.05, 3.63) is 76.9 Å². The van der Waals surface area contributed by atoms with E-state index in [9.17, 15) is 14.7 Å². The average Bonchev–Trinajstić information content (AvgIpc) is 2.47. The third kappa shape index (κ3) is 3.17. The summed E-state index contributed by atoms with van der Waals surface area (Å²) < 4.78 is 0. The summed E-state index contributed by atoms with van der Waals surface area (Å²) in [5.74, 6) is -1.89. The van der Waals surface area contributed by atoms with E-state index in [1.165, 1.54) is 6.07 Å². The molecule has 0 aliphatic rings. The van der Waals surface area contributed by atoms with Gasteiger partial charge in [0.1, 0.15) is 0 Å². The van der Waals surface area contributed by atoms with Crippen molar-refractivity contribution < 1.29 is 14.7 Å². The van der Waals surface area contributed by atoms with Gasteiger partial charge in [-0.15, -0.1) is 0 Å². The summed E-state index contributed by atoms with van der Waals surface area (Å²) in [7, 11) is 0. The Balaban J connectivity index is 2.43. The second kappa shape index (κ2) is 6.05. The lowest BCUT2D eigenvalue weighted by atomic mass is 9.95. The Bertz CT molecular complexity index is 702. The van der Waals surface area contributed by atoms with Crippen LogP contribution in [0.3, 0.4) is 0 Å². The fraction of sp³-hybridized carbons (Fsp3) is 0.0588. The Labute approximate surface area is 122 Å². The van der Waals surface area contributed by atoms with Gasteiger partial charge in [-0.1, -0.05) is 49.1 Å². The molecule has 0 radical (unpaired) electrons. The summed E-state index contributed by atoms with van der Waals surface area (Å²) in [5.41, 5.74) is 7.74. The molecule has 3 N–H and O–H groups in total. The van der Waals surface area contributed by atoms with Crippen LogP contribution >= 0.6 is 0 Å². The highest BCUT2D eigenvalue weighted by molar-refractivity contribution is 6.05. The number of benzene rings is 2. The lowest BCUT2D eigenvalue weighted by Crippen LogP contribution is -2.18. The number of carbonyl (C=O) groups excluding carboxylic acids is 1. The topological polar surface area (TPSA) is 80.4 Å². The summed E-state index contributed by atoms with van der Waals surface area (Å²) >= 11 is 0. The molecule has 2 aromatic carbocycles. The van der Waals surface area contributed by atoms with Gasteiger partial charge in [0, 0.05) is 0 Å². The fourth-order valence-electron chi connectivity index (χ4n) is 2.20. The van der Waals surface area contributed by atoms with Crippen LogP contribution in [0.1, 0.15) is 37.4 Å². The van der Waals surface area contributed by atoms with E-state index in [4.69, 9.17) is 5.73 Å². The zero-order chi connectivity index (χ0) is 15.4. The third-order valence-corrected chi connectivity index (χ3v) is 3.24. The fourth-order valence-corrected chi connectivity index (χ4v) is 2.20. The molecular weight excluding hydrogens is 266 g/mol. The lowest BCUT2D eigenvalue weighted by Gasteiger charge is -2.10. The highest BCUT2D eigenvalue weighted by Gasteiger charge is 2.18. The van der Waals surface area contributed by atoms with Crippen LogP contribution in [0.4, 0.5) is 0 Å². The summed E-state index contributed by atoms with van der Waals surface area (Å²) in [6, 6.07) is 12.4. The molecule has 21 heavy (non-hydrogen) atoms. The third-order valence-electron chi connectivity index (χ3n) is 3.24. The van der Waals surface area contributed by atoms with Gasteiger partial charge >= 0.3 is 5.97 Å². The van der Waals surface area contributed by atoms with Gasteiger partial charge < -0.3 is 10.8 Å². The average molecular weight is 281 g/mol. The van der Waals surface area contributed by atoms with E-state index in [1.54, 1.807) is 18.2 Å². The van der Waals surface area contributed by atoms with Crippen LogP contribution < -0.4 is 5.73 Å². The Morgan fingerprint density at radius 2 is 1.81 bits per heavy atom. The largest absolute Gasteiger partial charge is 0.478 e. The number of rotatable bonds is 5. The molecule has 0 spiro atoms. The van der Waals surface area contributed by atoms with Crippen molar-refractivity contribution >= 4 is 18.0 Å². The number of amides is 1. The number of primary amides is 1. The maximum atomic E-state index is 11.4. The van der Waals surface area contributed by atoms with Crippen molar-refractivity contribution in [3.8, 4) is 0 Å². The smallest absolute Gasteiger partial charge is 0.336 e. The number of carbonyl (C=O) groups is 2. The van der Waals surface area contributed by atoms with Gasteiger partial charge in [-0.2, -0.15) is 0 Å². The minimum atomic E-state index is -1.15. The molecule has 1 amide bonds. The van der Waals surface area contributed by atoms with E-state index in [1.807, 2.05) is 24.3 Å². The monoisotopic (exact) mass is 281 g/mol. The van der Waals surface area contributed by atoms with Gasteiger partial charge in [0.25, 0.3) is 0 Å². The zero-order valence-electron chi connectivity index (χ0n) is 11.4. The molecule has 4 heteroatoms. The molecule has 2 rings (SSSR count). The molecule has 0 aliphatic heterocycles. The first-order chi connectivity index (χ1) is 10.0. The number of hydrogen-bond acceptors (Lipinski definition) is 2. The van der Waals surface area contributed by atoms with Crippen LogP contribution in [0.2, 0.25) is 0 Å². The molecule has 0 saturated heterocycles. The minimum Gasteiger partial charge on any atom is -0.478 e. The first-order valence-electron chi connectivity index (χ1n) is 6.39. The SMILES string of the molecule is C=Cc1ccc(Cc2cccc(C(N)=O)c2C(=O)O)cc1. The Hall–Kier alpha value is -2.88. The molecule has 0 atom stereocenters. The van der Waals surface area contributed by atoms with Crippen LogP contribution in [-0.4, -0.2) is 17.0 Å². The summed E-state index contributed by atoms with van der Waals surface area (Å²) in [6.07, 6.45) is 2.15. The Morgan fingerprint density at radius 3 is 2.33 bits per heavy atom. The molecule has 0 fully saturated rings. The van der Waals surface area contributed by atoms with E-state index in [2.05, 4.69) is 6.58 Å². The Morgan fingerprint density at radius 1 is 1.14 bits per heavy atom. The number of nitrogens with two attached hydrogens (primary N) is 1. The standard InChI is InChI=1S/C17H15NO3/c1-2-11-6-8-12(9-7-11)10-13-4-3-5-14(16(18)19)15(13)17(20)21/h2-9H,1,10H2,(H2,18,19)(H,20,21). The molecule has 0 unspecified atom stereocenters. The van der Waals surface area contributed by atoms with Gasteiger partial charge in [0.05, 0.1) is 11.1 Å². The second-order valence-electron chi connectivity index (χ2n) is 4.63. The highest BCUT2D eigenvalue weighted by Crippen LogP contribution is 2.19. The molecule has 0 heterocycles. The number of carboxylic acids is 1. The van der Waals surface area contributed by atoms with Crippen molar-refractivity contribution in [2.45, 2.75) is 6.42 Å². The predicted molar refractivity (Wildman–Crippen MR) is 81.3 cm³/mol. The van der Waals surface area contributed by atoms with Gasteiger partial charge in [-0.05, 0) is 29.2 Å². The molecular formula is C17H15NO3. The Kier molecular flexibility index (Phi) is 4.18. The molecule has 106 valence electrons. The van der Waals surface area contributed by atoms with Crippen LogP contribution in [-0.2, 0) is 6.42 Å². The molecule has 0 aliphatic carbocycles. The summed E-state index contributed by atoms with van der Waals surface area (Å²) in [6.45, 7) is 3.68. The molecule has 0 bridgehead atoms. The van der Waals surface area contributed by atoms with Crippen LogP contribution in [0.25, 0.3) is 6.08 Å². The minimum absolute atomic E-state index is 0.0298. The number of carboxylic acid groups (broad SMARTS) is 1. The highest BCUT2D eigenvalue weighted by atomic mass is 16.4. The molecule has 0 saturated carbocycles. The van der Waals surface area contributed by atoms with E-state index < -0.39 is 11.9 Å². The first-order valence-corrected chi connectivity index (χ1v) is 6.39. The molecule has 2 aromatic rings. The zero-order valence-corrected chi connectivity index (χ0v) is 11.4. The van der Waals surface area contributed by atoms with E-state index in [-0.39, 0.29) is 11.1 Å². The maximum Gasteiger partial charge on any atom is 0.336 e. The van der Waals surface area contributed by atoms with Gasteiger partial charge in [0.2, 0.25) is 5.91 Å². The van der Waals surface area contributed by atoms with E-state index >= 15 is 0 Å². The quantitative estimate of drug-likeness (QED) is 0.884. The maximum absolute atomic E-state index is 11.4. The van der Waals surface area contributed by atoms with Crippen molar-refractivity contribution in [2.75, 3.05) is 0 Å². The van der Waals surface area contributed by atoms with Crippen LogP contribution in [0.5, 0.6) is 0 Å². The van der Waals surface area contributed by atoms with Gasteiger partial charge in [0.15, 0.2) is 0 Å². The first kappa shape index (κ1) is 14.5. The van der Waals surface area contributed by atoms with Crippen molar-refractivity contribution in [1.82, 2.24) is 0 Å². The number of aromatic carboxylic acids is 1. The lowest BCUT2D eigenvalue weighted by molar-refractivity contribution is 0.0691. The van der Waals surface area contributed by atoms with Crippen LogP contribution in [0.15, 0.2) is 49.0 Å². The van der Waals surface area contributed by atoms with E-state index in [0.717, 1.165) is 11.1 Å². The van der Waals surface area contributed by atoms with E-state index in [0.29, 0.717) is 12.0 Å². The number of hydrogen-bond donors (Lipinski definition) is 2. The van der Waals surface area contributed by atoms with Crippen LogP contribution in [0, 0.1) is 0 Å². The predicted octanol–water partition coefficient (Wildman–Crippen LogP) is 2.72. The normalized spacial score (nSPS) is 10.1. The summed E-state index contributed by atoms with van der Waals surface area (Å²) in [5, 5.41) is 9.33. The van der Waals surface area contributed by atoms with Crippen molar-refractivity contribution in [2.24, 2.45) is 5.73 Å². The van der Waals surface area contributed by atoms with Gasteiger partial charge in [-0.3, -0.25) is 4.79 Å². The molecule has 4 nitrogen and oxygen atoms in total. The van der Waals surface area contributed by atoms with Gasteiger partial charge in [-0.25, -0.2) is 4.79 Å². The summed E-state index contributed by atoms with van der Waals surface area (Å²) in [4.78, 5) is 22.8. The molecule has 0 aromatic heterocycles.